The van der Waals surface area contributed by atoms with Crippen LogP contribution in [-0.2, 0) is 12.8 Å². The molecule has 3 heteroatoms. The highest BCUT2D eigenvalue weighted by Crippen LogP contribution is 2.41. The van der Waals surface area contributed by atoms with Crippen molar-refractivity contribution in [3.8, 4) is 5.75 Å². The van der Waals surface area contributed by atoms with Crippen LogP contribution in [0.4, 0.5) is 0 Å². The Hall–Kier alpha value is -0.730. The largest absolute Gasteiger partial charge is 0.493 e. The van der Waals surface area contributed by atoms with E-state index in [1.807, 2.05) is 0 Å². The first kappa shape index (κ1) is 11.7. The summed E-state index contributed by atoms with van der Waals surface area (Å²) < 4.78 is 5.59. The number of hydrogen-bond donors (Lipinski definition) is 1. The van der Waals surface area contributed by atoms with Gasteiger partial charge in [-0.3, -0.25) is 0 Å². The molecule has 1 aliphatic carbocycles. The first-order valence-electron chi connectivity index (χ1n) is 5.87. The van der Waals surface area contributed by atoms with E-state index >= 15 is 0 Å². The number of benzene rings is 1. The molecule has 1 aromatic carbocycles. The van der Waals surface area contributed by atoms with Crippen LogP contribution in [0.15, 0.2) is 12.1 Å². The van der Waals surface area contributed by atoms with Gasteiger partial charge in [-0.25, -0.2) is 0 Å². The minimum absolute atomic E-state index is 0. The molecular weight excluding hydrogens is 222 g/mol. The minimum atomic E-state index is 0. The van der Waals surface area contributed by atoms with Crippen LogP contribution >= 0.6 is 12.4 Å². The number of fused-ring (bicyclic) bond motifs is 3. The third-order valence-corrected chi connectivity index (χ3v) is 3.73. The SMILES string of the molecule is Cl.NCC[C@@H]1CCc2c1ccc1c2CCO1. The molecule has 1 heterocycles. The zero-order chi connectivity index (χ0) is 10.3. The van der Waals surface area contributed by atoms with Gasteiger partial charge in [-0.05, 0) is 48.9 Å². The highest BCUT2D eigenvalue weighted by atomic mass is 35.5. The molecule has 0 aromatic heterocycles. The van der Waals surface area contributed by atoms with Crippen molar-refractivity contribution in [1.82, 2.24) is 0 Å². The van der Waals surface area contributed by atoms with Crippen molar-refractivity contribution in [3.63, 3.8) is 0 Å². The molecular formula is C13H18ClNO. The quantitative estimate of drug-likeness (QED) is 0.861. The molecule has 0 fully saturated rings. The Morgan fingerprint density at radius 1 is 1.25 bits per heavy atom. The van der Waals surface area contributed by atoms with Gasteiger partial charge < -0.3 is 10.5 Å². The van der Waals surface area contributed by atoms with Gasteiger partial charge >= 0.3 is 0 Å². The number of rotatable bonds is 2. The van der Waals surface area contributed by atoms with E-state index in [0.717, 1.165) is 31.7 Å². The maximum Gasteiger partial charge on any atom is 0.122 e. The summed E-state index contributed by atoms with van der Waals surface area (Å²) in [5.41, 5.74) is 10.3. The van der Waals surface area contributed by atoms with E-state index in [2.05, 4.69) is 12.1 Å². The second-order valence-corrected chi connectivity index (χ2v) is 4.52. The molecule has 3 rings (SSSR count). The molecule has 1 aliphatic heterocycles. The number of nitrogens with two attached hydrogens (primary N) is 1. The molecule has 2 N–H and O–H groups in total. The van der Waals surface area contributed by atoms with Gasteiger partial charge in [0, 0.05) is 12.0 Å². The van der Waals surface area contributed by atoms with Crippen LogP contribution in [0.5, 0.6) is 5.75 Å². The van der Waals surface area contributed by atoms with Crippen LogP contribution in [0.2, 0.25) is 0 Å². The fourth-order valence-electron chi connectivity index (χ4n) is 3.01. The molecule has 0 amide bonds. The summed E-state index contributed by atoms with van der Waals surface area (Å²) in [6, 6.07) is 4.41. The zero-order valence-electron chi connectivity index (χ0n) is 9.37. The summed E-state index contributed by atoms with van der Waals surface area (Å²) in [5, 5.41) is 0. The molecule has 0 radical (unpaired) electrons. The fourth-order valence-corrected chi connectivity index (χ4v) is 3.01. The second kappa shape index (κ2) is 4.64. The van der Waals surface area contributed by atoms with Crippen LogP contribution in [0.1, 0.15) is 35.4 Å². The third kappa shape index (κ3) is 1.70. The number of halogens is 1. The van der Waals surface area contributed by atoms with Gasteiger partial charge in [0.1, 0.15) is 5.75 Å². The molecule has 1 atom stereocenters. The van der Waals surface area contributed by atoms with Crippen LogP contribution in [0, 0.1) is 0 Å². The topological polar surface area (TPSA) is 35.2 Å². The zero-order valence-corrected chi connectivity index (χ0v) is 10.2. The maximum absolute atomic E-state index is 5.65. The van der Waals surface area contributed by atoms with E-state index in [9.17, 15) is 0 Å². The van der Waals surface area contributed by atoms with Crippen LogP contribution in [0.3, 0.4) is 0 Å². The Balaban J connectivity index is 0.000000963. The van der Waals surface area contributed by atoms with Crippen molar-refractivity contribution in [1.29, 1.82) is 0 Å². The van der Waals surface area contributed by atoms with Crippen LogP contribution < -0.4 is 10.5 Å². The van der Waals surface area contributed by atoms with Gasteiger partial charge in [0.2, 0.25) is 0 Å². The van der Waals surface area contributed by atoms with Crippen molar-refractivity contribution in [2.24, 2.45) is 5.73 Å². The monoisotopic (exact) mass is 239 g/mol. The van der Waals surface area contributed by atoms with Crippen molar-refractivity contribution in [3.05, 3.63) is 28.8 Å². The predicted molar refractivity (Wildman–Crippen MR) is 67.6 cm³/mol. The molecule has 88 valence electrons. The van der Waals surface area contributed by atoms with Crippen molar-refractivity contribution < 1.29 is 4.74 Å². The van der Waals surface area contributed by atoms with Crippen molar-refractivity contribution >= 4 is 12.4 Å². The lowest BCUT2D eigenvalue weighted by Gasteiger charge is -2.11. The Morgan fingerprint density at radius 2 is 2.12 bits per heavy atom. The van der Waals surface area contributed by atoms with Gasteiger partial charge in [-0.2, -0.15) is 0 Å². The van der Waals surface area contributed by atoms with Crippen LogP contribution in [0.25, 0.3) is 0 Å². The molecule has 2 nitrogen and oxygen atoms in total. The average Bonchev–Trinajstić information content (AvgIpc) is 2.83. The average molecular weight is 240 g/mol. The molecule has 2 aliphatic rings. The van der Waals surface area contributed by atoms with Crippen molar-refractivity contribution in [2.75, 3.05) is 13.2 Å². The highest BCUT2D eigenvalue weighted by molar-refractivity contribution is 5.85. The van der Waals surface area contributed by atoms with E-state index in [-0.39, 0.29) is 12.4 Å². The minimum Gasteiger partial charge on any atom is -0.493 e. The molecule has 0 bridgehead atoms. The Kier molecular flexibility index (Phi) is 3.41. The predicted octanol–water partition coefficient (Wildman–Crippen LogP) is 2.42. The second-order valence-electron chi connectivity index (χ2n) is 4.52. The molecule has 0 unspecified atom stereocenters. The first-order chi connectivity index (χ1) is 7.40. The lowest BCUT2D eigenvalue weighted by atomic mass is 9.95. The van der Waals surface area contributed by atoms with E-state index in [0.29, 0.717) is 5.92 Å². The summed E-state index contributed by atoms with van der Waals surface area (Å²) in [5.74, 6) is 1.83. The van der Waals surface area contributed by atoms with Gasteiger partial charge in [-0.15, -0.1) is 12.4 Å². The van der Waals surface area contributed by atoms with Gasteiger partial charge in [0.25, 0.3) is 0 Å². The molecule has 16 heavy (non-hydrogen) atoms. The molecule has 0 spiro atoms. The van der Waals surface area contributed by atoms with E-state index < -0.39 is 0 Å². The summed E-state index contributed by atoms with van der Waals surface area (Å²) >= 11 is 0. The summed E-state index contributed by atoms with van der Waals surface area (Å²) in [6.07, 6.45) is 4.75. The first-order valence-corrected chi connectivity index (χ1v) is 5.87. The summed E-state index contributed by atoms with van der Waals surface area (Å²) in [7, 11) is 0. The fraction of sp³-hybridized carbons (Fsp3) is 0.538. The van der Waals surface area contributed by atoms with Gasteiger partial charge in [0.15, 0.2) is 0 Å². The molecule has 0 saturated carbocycles. The number of hydrogen-bond acceptors (Lipinski definition) is 2. The van der Waals surface area contributed by atoms with Crippen LogP contribution in [-0.4, -0.2) is 13.2 Å². The normalized spacial score (nSPS) is 20.9. The highest BCUT2D eigenvalue weighted by Gasteiger charge is 2.27. The molecule has 1 aromatic rings. The Morgan fingerprint density at radius 3 is 2.94 bits per heavy atom. The lowest BCUT2D eigenvalue weighted by Crippen LogP contribution is -2.04. The smallest absolute Gasteiger partial charge is 0.122 e. The maximum atomic E-state index is 5.65. The number of ether oxygens (including phenoxy) is 1. The van der Waals surface area contributed by atoms with E-state index in [1.165, 1.54) is 18.4 Å². The lowest BCUT2D eigenvalue weighted by molar-refractivity contribution is 0.357. The third-order valence-electron chi connectivity index (χ3n) is 3.73. The summed E-state index contributed by atoms with van der Waals surface area (Å²) in [4.78, 5) is 0. The van der Waals surface area contributed by atoms with Crippen molar-refractivity contribution in [2.45, 2.75) is 31.6 Å². The van der Waals surface area contributed by atoms with Gasteiger partial charge in [0.05, 0.1) is 6.61 Å². The van der Waals surface area contributed by atoms with E-state index in [4.69, 9.17) is 10.5 Å². The summed E-state index contributed by atoms with van der Waals surface area (Å²) in [6.45, 7) is 1.67. The standard InChI is InChI=1S/C13H17NO.ClH/c14-7-5-9-1-2-11-10(9)3-4-13-12(11)6-8-15-13;/h3-4,9H,1-2,5-8,14H2;1H/t9-;/m0./s1. The Labute approximate surface area is 103 Å². The molecule has 0 saturated heterocycles. The van der Waals surface area contributed by atoms with E-state index in [1.54, 1.807) is 11.1 Å². The Bertz CT molecular complexity index is 392. The van der Waals surface area contributed by atoms with Gasteiger partial charge in [-0.1, -0.05) is 6.07 Å².